The van der Waals surface area contributed by atoms with Gasteiger partial charge in [0.2, 0.25) is 0 Å². The Bertz CT molecular complexity index is 741. The average molecular weight is 426 g/mol. The molecule has 0 spiro atoms. The highest BCUT2D eigenvalue weighted by atomic mass is 79.9. The number of likely N-dealkylation sites (tertiary alicyclic amines) is 1. The molecular weight excluding hydrogens is 402 g/mol. The van der Waals surface area contributed by atoms with Crippen molar-refractivity contribution >= 4 is 38.3 Å². The quantitative estimate of drug-likeness (QED) is 0.750. The van der Waals surface area contributed by atoms with Crippen LogP contribution in [0.15, 0.2) is 9.85 Å². The number of hydrogen-bond acceptors (Lipinski definition) is 5. The van der Waals surface area contributed by atoms with Crippen molar-refractivity contribution in [3.05, 3.63) is 26.9 Å². The molecule has 2 N–H and O–H groups in total. The van der Waals surface area contributed by atoms with Crippen LogP contribution in [0, 0.1) is 5.92 Å². The Kier molecular flexibility index (Phi) is 5.91. The van der Waals surface area contributed by atoms with Gasteiger partial charge < -0.3 is 0 Å². The molecule has 0 aromatic carbocycles. The zero-order chi connectivity index (χ0) is 18.0. The molecule has 3 rings (SSSR count). The van der Waals surface area contributed by atoms with E-state index in [4.69, 9.17) is 0 Å². The second kappa shape index (κ2) is 7.97. The van der Waals surface area contributed by atoms with Crippen LogP contribution in [-0.4, -0.2) is 39.1 Å². The van der Waals surface area contributed by atoms with E-state index < -0.39 is 0 Å². The summed E-state index contributed by atoms with van der Waals surface area (Å²) in [5, 5.41) is 12.5. The lowest BCUT2D eigenvalue weighted by molar-refractivity contribution is 0.102. The van der Waals surface area contributed by atoms with Crippen molar-refractivity contribution in [1.82, 2.24) is 20.1 Å². The van der Waals surface area contributed by atoms with E-state index in [2.05, 4.69) is 62.1 Å². The molecule has 2 aromatic rings. The second-order valence-electron chi connectivity index (χ2n) is 7.04. The van der Waals surface area contributed by atoms with Gasteiger partial charge in [0.05, 0.1) is 15.9 Å². The maximum atomic E-state index is 12.4. The van der Waals surface area contributed by atoms with Crippen LogP contribution >= 0.6 is 27.3 Å². The number of anilines is 1. The van der Waals surface area contributed by atoms with E-state index in [0.717, 1.165) is 41.4 Å². The predicted octanol–water partition coefficient (Wildman–Crippen LogP) is 4.24. The van der Waals surface area contributed by atoms with Crippen LogP contribution in [-0.2, 0) is 6.54 Å². The molecule has 0 aliphatic carbocycles. The van der Waals surface area contributed by atoms with Crippen molar-refractivity contribution in [2.24, 2.45) is 5.92 Å². The molecule has 8 heteroatoms. The number of carbonyl (C=O) groups excluding carboxylic acids is 1. The lowest BCUT2D eigenvalue weighted by Crippen LogP contribution is -2.33. The Morgan fingerprint density at radius 3 is 3.04 bits per heavy atom. The molecule has 25 heavy (non-hydrogen) atoms. The summed E-state index contributed by atoms with van der Waals surface area (Å²) in [4.78, 5) is 19.4. The normalized spacial score (nSPS) is 18.7. The smallest absolute Gasteiger partial charge is 0.279 e. The fraction of sp³-hybridized carbons (Fsp3) is 0.588. The van der Waals surface area contributed by atoms with Crippen molar-refractivity contribution in [3.63, 3.8) is 0 Å². The van der Waals surface area contributed by atoms with E-state index in [1.807, 2.05) is 5.38 Å². The zero-order valence-corrected chi connectivity index (χ0v) is 17.2. The van der Waals surface area contributed by atoms with Gasteiger partial charge in [0.25, 0.3) is 5.91 Å². The lowest BCUT2D eigenvalue weighted by atomic mass is 10.0. The molecule has 0 bridgehead atoms. The Balaban J connectivity index is 1.62. The highest BCUT2D eigenvalue weighted by Gasteiger charge is 2.21. The largest absolute Gasteiger partial charge is 0.297 e. The summed E-state index contributed by atoms with van der Waals surface area (Å²) in [6, 6.07) is 0. The Morgan fingerprint density at radius 1 is 1.56 bits per heavy atom. The van der Waals surface area contributed by atoms with Crippen LogP contribution in [0.4, 0.5) is 5.13 Å². The molecule has 3 heterocycles. The van der Waals surface area contributed by atoms with Crippen LogP contribution in [0.1, 0.15) is 61.4 Å². The number of hydrogen-bond donors (Lipinski definition) is 2. The van der Waals surface area contributed by atoms with Gasteiger partial charge in [-0.05, 0) is 47.2 Å². The number of piperidine rings is 1. The zero-order valence-electron chi connectivity index (χ0n) is 14.8. The maximum absolute atomic E-state index is 12.4. The molecular formula is C17H24BrN5OS. The molecule has 0 radical (unpaired) electrons. The number of rotatable bonds is 5. The number of nitrogens with zero attached hydrogens (tertiary/aromatic N) is 3. The number of carbonyl (C=O) groups is 1. The van der Waals surface area contributed by atoms with Crippen molar-refractivity contribution in [3.8, 4) is 0 Å². The molecule has 1 aliphatic rings. The van der Waals surface area contributed by atoms with Crippen molar-refractivity contribution in [2.45, 2.75) is 46.1 Å². The van der Waals surface area contributed by atoms with Gasteiger partial charge >= 0.3 is 0 Å². The predicted molar refractivity (Wildman–Crippen MR) is 104 cm³/mol. The van der Waals surface area contributed by atoms with Crippen LogP contribution in [0.3, 0.4) is 0 Å². The van der Waals surface area contributed by atoms with Crippen molar-refractivity contribution in [1.29, 1.82) is 0 Å². The fourth-order valence-electron chi connectivity index (χ4n) is 3.13. The van der Waals surface area contributed by atoms with E-state index >= 15 is 0 Å². The summed E-state index contributed by atoms with van der Waals surface area (Å²) < 4.78 is 0.721. The molecule has 2 aromatic heterocycles. The summed E-state index contributed by atoms with van der Waals surface area (Å²) in [7, 11) is 0. The monoisotopic (exact) mass is 425 g/mol. The molecule has 136 valence electrons. The molecule has 1 fully saturated rings. The van der Waals surface area contributed by atoms with Gasteiger partial charge in [0.1, 0.15) is 0 Å². The van der Waals surface area contributed by atoms with Crippen LogP contribution in [0.25, 0.3) is 0 Å². The summed E-state index contributed by atoms with van der Waals surface area (Å²) in [5.41, 5.74) is 2.30. The summed E-state index contributed by atoms with van der Waals surface area (Å²) in [6.07, 6.45) is 2.56. The Labute approximate surface area is 160 Å². The molecule has 0 saturated carbocycles. The minimum Gasteiger partial charge on any atom is -0.297 e. The maximum Gasteiger partial charge on any atom is 0.279 e. The van der Waals surface area contributed by atoms with Crippen molar-refractivity contribution in [2.75, 3.05) is 18.4 Å². The number of aromatic amines is 1. The molecule has 1 unspecified atom stereocenters. The summed E-state index contributed by atoms with van der Waals surface area (Å²) in [5.74, 6) is 0.767. The lowest BCUT2D eigenvalue weighted by Gasteiger charge is -2.30. The van der Waals surface area contributed by atoms with Gasteiger partial charge in [-0.3, -0.25) is 20.1 Å². The molecule has 1 aliphatic heterocycles. The van der Waals surface area contributed by atoms with Gasteiger partial charge in [-0.2, -0.15) is 5.10 Å². The molecule has 6 nitrogen and oxygen atoms in total. The van der Waals surface area contributed by atoms with Crippen LogP contribution in [0.2, 0.25) is 0 Å². The number of aromatic nitrogens is 3. The van der Waals surface area contributed by atoms with Gasteiger partial charge in [0, 0.05) is 18.5 Å². The third kappa shape index (κ3) is 4.48. The number of thiazole rings is 1. The van der Waals surface area contributed by atoms with Gasteiger partial charge in [-0.15, -0.1) is 11.3 Å². The third-order valence-corrected chi connectivity index (χ3v) is 6.03. The van der Waals surface area contributed by atoms with E-state index in [1.165, 1.54) is 24.2 Å². The standard InChI is InChI=1S/C17H24BrN5OS/c1-10(2)14-13(18)15(22-21-14)16(24)20-17-19-12(9-25-17)8-23-6-4-5-11(3)7-23/h9-11H,4-8H2,1-3H3,(H,21,22)(H,19,20,24). The van der Waals surface area contributed by atoms with Gasteiger partial charge in [-0.1, -0.05) is 20.8 Å². The number of H-pyrrole nitrogens is 1. The first-order valence-corrected chi connectivity index (χ1v) is 10.3. The van der Waals surface area contributed by atoms with Crippen LogP contribution < -0.4 is 5.32 Å². The first kappa shape index (κ1) is 18.5. The van der Waals surface area contributed by atoms with E-state index in [1.54, 1.807) is 0 Å². The summed E-state index contributed by atoms with van der Waals surface area (Å²) >= 11 is 4.92. The average Bonchev–Trinajstić information content (AvgIpc) is 3.14. The van der Waals surface area contributed by atoms with Gasteiger partial charge in [0.15, 0.2) is 10.8 Å². The number of halogens is 1. The number of amides is 1. The van der Waals surface area contributed by atoms with Crippen LogP contribution in [0.5, 0.6) is 0 Å². The first-order chi connectivity index (χ1) is 11.9. The number of nitrogens with one attached hydrogen (secondary N) is 2. The SMILES string of the molecule is CC1CCCN(Cc2csc(NC(=O)c3n[nH]c(C(C)C)c3Br)n2)C1. The Hall–Kier alpha value is -1.25. The highest BCUT2D eigenvalue weighted by molar-refractivity contribution is 9.10. The van der Waals surface area contributed by atoms with Gasteiger partial charge in [-0.25, -0.2) is 4.98 Å². The van der Waals surface area contributed by atoms with E-state index in [0.29, 0.717) is 10.8 Å². The summed E-state index contributed by atoms with van der Waals surface area (Å²) in [6.45, 7) is 9.49. The minimum absolute atomic E-state index is 0.248. The molecule has 1 atom stereocenters. The van der Waals surface area contributed by atoms with E-state index in [-0.39, 0.29) is 11.8 Å². The molecule has 1 amide bonds. The third-order valence-electron chi connectivity index (χ3n) is 4.42. The minimum atomic E-state index is -0.248. The topological polar surface area (TPSA) is 73.9 Å². The van der Waals surface area contributed by atoms with E-state index in [9.17, 15) is 4.79 Å². The molecule has 1 saturated heterocycles. The highest BCUT2D eigenvalue weighted by Crippen LogP contribution is 2.27. The first-order valence-electron chi connectivity index (χ1n) is 8.66. The fourth-order valence-corrected chi connectivity index (χ4v) is 4.64. The second-order valence-corrected chi connectivity index (χ2v) is 8.69. The Morgan fingerprint density at radius 2 is 2.36 bits per heavy atom. The van der Waals surface area contributed by atoms with Crippen molar-refractivity contribution < 1.29 is 4.79 Å².